The number of benzene rings is 2. The molecule has 1 fully saturated rings. The topological polar surface area (TPSA) is 80.0 Å². The molecule has 5 rings (SSSR count). The number of carbonyl (C=O) groups excluding carboxylic acids is 1. The van der Waals surface area contributed by atoms with E-state index in [-0.39, 0.29) is 11.3 Å². The Morgan fingerprint density at radius 2 is 1.62 bits per heavy atom. The third-order valence-corrected chi connectivity index (χ3v) is 6.32. The average molecular weight is 456 g/mol. The highest BCUT2D eigenvalue weighted by Crippen LogP contribution is 2.24. The van der Waals surface area contributed by atoms with Crippen LogP contribution in [-0.2, 0) is 12.0 Å². The quantitative estimate of drug-likeness (QED) is 0.468. The predicted molar refractivity (Wildman–Crippen MR) is 132 cm³/mol. The minimum absolute atomic E-state index is 0.0685. The number of anilines is 1. The maximum Gasteiger partial charge on any atom is 0.253 e. The molecule has 174 valence electrons. The zero-order chi connectivity index (χ0) is 23.7. The molecule has 8 nitrogen and oxygen atoms in total. The number of carbonyl (C=O) groups is 1. The minimum atomic E-state index is 0.0685. The van der Waals surface area contributed by atoms with Crippen LogP contribution in [0.25, 0.3) is 11.2 Å². The van der Waals surface area contributed by atoms with E-state index in [0.29, 0.717) is 43.9 Å². The molecular formula is C26H29N7O. The van der Waals surface area contributed by atoms with Gasteiger partial charge < -0.3 is 9.80 Å². The third-order valence-electron chi connectivity index (χ3n) is 6.32. The molecule has 1 aliphatic heterocycles. The van der Waals surface area contributed by atoms with Crippen molar-refractivity contribution in [2.45, 2.75) is 32.7 Å². The number of amides is 1. The molecular weight excluding hydrogens is 426 g/mol. The number of fused-ring (bicyclic) bond motifs is 1. The molecule has 0 atom stereocenters. The summed E-state index contributed by atoms with van der Waals surface area (Å²) in [6.07, 6.45) is 1.57. The van der Waals surface area contributed by atoms with Crippen molar-refractivity contribution < 1.29 is 4.79 Å². The van der Waals surface area contributed by atoms with Crippen LogP contribution >= 0.6 is 0 Å². The van der Waals surface area contributed by atoms with Gasteiger partial charge in [0.05, 0.1) is 6.54 Å². The zero-order valence-corrected chi connectivity index (χ0v) is 19.8. The van der Waals surface area contributed by atoms with Crippen LogP contribution in [0.3, 0.4) is 0 Å². The molecule has 3 heterocycles. The van der Waals surface area contributed by atoms with Gasteiger partial charge in [0.1, 0.15) is 6.33 Å². The summed E-state index contributed by atoms with van der Waals surface area (Å²) in [6.45, 7) is 9.75. The van der Waals surface area contributed by atoms with Crippen molar-refractivity contribution >= 4 is 22.9 Å². The van der Waals surface area contributed by atoms with Crippen LogP contribution in [0.4, 0.5) is 5.82 Å². The number of hydrogen-bond acceptors (Lipinski definition) is 6. The lowest BCUT2D eigenvalue weighted by atomic mass is 9.86. The Morgan fingerprint density at radius 3 is 2.29 bits per heavy atom. The van der Waals surface area contributed by atoms with Gasteiger partial charge in [-0.25, -0.2) is 14.6 Å². The second-order valence-corrected chi connectivity index (χ2v) is 9.71. The van der Waals surface area contributed by atoms with E-state index in [1.165, 1.54) is 5.56 Å². The second-order valence-electron chi connectivity index (χ2n) is 9.71. The summed E-state index contributed by atoms with van der Waals surface area (Å²) < 4.78 is 1.80. The molecule has 8 heteroatoms. The molecule has 0 aliphatic carbocycles. The molecule has 1 aliphatic rings. The Morgan fingerprint density at radius 1 is 0.912 bits per heavy atom. The molecule has 1 amide bonds. The monoisotopic (exact) mass is 455 g/mol. The lowest BCUT2D eigenvalue weighted by Gasteiger charge is -2.35. The van der Waals surface area contributed by atoms with Crippen LogP contribution in [0, 0.1) is 0 Å². The first-order chi connectivity index (χ1) is 16.4. The van der Waals surface area contributed by atoms with E-state index in [0.717, 1.165) is 16.9 Å². The van der Waals surface area contributed by atoms with E-state index in [4.69, 9.17) is 0 Å². The Balaban J connectivity index is 1.28. The normalized spacial score (nSPS) is 14.6. The van der Waals surface area contributed by atoms with E-state index < -0.39 is 0 Å². The van der Waals surface area contributed by atoms with Crippen LogP contribution in [0.15, 0.2) is 60.9 Å². The average Bonchev–Trinajstić information content (AvgIpc) is 3.27. The first-order valence-electron chi connectivity index (χ1n) is 11.6. The number of nitrogens with zero attached hydrogens (tertiary/aromatic N) is 7. The van der Waals surface area contributed by atoms with Gasteiger partial charge >= 0.3 is 0 Å². The fourth-order valence-corrected chi connectivity index (χ4v) is 4.29. The van der Waals surface area contributed by atoms with Crippen molar-refractivity contribution in [1.82, 2.24) is 29.9 Å². The molecule has 4 aromatic rings. The fourth-order valence-electron chi connectivity index (χ4n) is 4.29. The summed E-state index contributed by atoms with van der Waals surface area (Å²) in [6, 6.07) is 18.1. The van der Waals surface area contributed by atoms with Gasteiger partial charge in [-0.3, -0.25) is 4.79 Å². The van der Waals surface area contributed by atoms with Gasteiger partial charge in [0.25, 0.3) is 5.91 Å². The lowest BCUT2D eigenvalue weighted by molar-refractivity contribution is 0.0746. The zero-order valence-electron chi connectivity index (χ0n) is 19.8. The van der Waals surface area contributed by atoms with Gasteiger partial charge in [0, 0.05) is 31.7 Å². The first kappa shape index (κ1) is 22.0. The molecule has 0 radical (unpaired) electrons. The molecule has 0 spiro atoms. The molecule has 1 saturated heterocycles. The minimum Gasteiger partial charge on any atom is -0.351 e. The fraction of sp³-hybridized carbons (Fsp3) is 0.346. The van der Waals surface area contributed by atoms with E-state index in [1.54, 1.807) is 11.0 Å². The summed E-state index contributed by atoms with van der Waals surface area (Å²) in [4.78, 5) is 26.1. The molecule has 0 N–H and O–H groups in total. The van der Waals surface area contributed by atoms with Crippen molar-refractivity contribution in [3.8, 4) is 0 Å². The van der Waals surface area contributed by atoms with E-state index in [2.05, 4.69) is 70.2 Å². The van der Waals surface area contributed by atoms with Crippen molar-refractivity contribution in [1.29, 1.82) is 0 Å². The molecule has 0 bridgehead atoms. The van der Waals surface area contributed by atoms with Crippen molar-refractivity contribution in [2.24, 2.45) is 0 Å². The lowest BCUT2D eigenvalue weighted by Crippen LogP contribution is -2.49. The van der Waals surface area contributed by atoms with Crippen LogP contribution in [0.2, 0.25) is 0 Å². The van der Waals surface area contributed by atoms with Crippen LogP contribution in [-0.4, -0.2) is 61.9 Å². The molecule has 34 heavy (non-hydrogen) atoms. The molecule has 0 unspecified atom stereocenters. The maximum absolute atomic E-state index is 13.0. The second kappa shape index (κ2) is 8.85. The largest absolute Gasteiger partial charge is 0.351 e. The summed E-state index contributed by atoms with van der Waals surface area (Å²) in [5, 5.41) is 8.71. The van der Waals surface area contributed by atoms with Crippen molar-refractivity contribution in [3.63, 3.8) is 0 Å². The SMILES string of the molecule is CC(C)(C)c1ccc(C(=O)N2CCN(c3ncnc4c3nnn4Cc3ccccc3)CC2)cc1. The summed E-state index contributed by atoms with van der Waals surface area (Å²) in [7, 11) is 0. The highest BCUT2D eigenvalue weighted by atomic mass is 16.2. The number of piperazine rings is 1. The maximum atomic E-state index is 13.0. The van der Waals surface area contributed by atoms with Gasteiger partial charge in [-0.15, -0.1) is 5.10 Å². The van der Waals surface area contributed by atoms with E-state index in [1.807, 2.05) is 35.2 Å². The van der Waals surface area contributed by atoms with Gasteiger partial charge in [0.15, 0.2) is 17.0 Å². The Hall–Kier alpha value is -3.81. The highest BCUT2D eigenvalue weighted by Gasteiger charge is 2.25. The standard InChI is InChI=1S/C26H29N7O/c1-26(2,3)21-11-9-20(10-12-21)25(34)32-15-13-31(14-16-32)23-22-24(28-18-27-23)33(30-29-22)17-19-7-5-4-6-8-19/h4-12,18H,13-17H2,1-3H3. The molecule has 2 aromatic heterocycles. The smallest absolute Gasteiger partial charge is 0.253 e. The predicted octanol–water partition coefficient (Wildman–Crippen LogP) is 3.53. The molecule has 0 saturated carbocycles. The van der Waals surface area contributed by atoms with Gasteiger partial charge in [0.2, 0.25) is 0 Å². The Labute approximate surface area is 199 Å². The van der Waals surface area contributed by atoms with Gasteiger partial charge in [-0.05, 0) is 28.7 Å². The number of aromatic nitrogens is 5. The summed E-state index contributed by atoms with van der Waals surface area (Å²) in [5.41, 5.74) is 4.56. The Kier molecular flexibility index (Phi) is 5.73. The van der Waals surface area contributed by atoms with Gasteiger partial charge in [-0.1, -0.05) is 68.4 Å². The summed E-state index contributed by atoms with van der Waals surface area (Å²) in [5.74, 6) is 0.840. The molecule has 2 aromatic carbocycles. The summed E-state index contributed by atoms with van der Waals surface area (Å²) >= 11 is 0. The van der Waals surface area contributed by atoms with Crippen LogP contribution in [0.1, 0.15) is 42.3 Å². The van der Waals surface area contributed by atoms with Crippen LogP contribution in [0.5, 0.6) is 0 Å². The van der Waals surface area contributed by atoms with Crippen molar-refractivity contribution in [3.05, 3.63) is 77.6 Å². The van der Waals surface area contributed by atoms with Crippen LogP contribution < -0.4 is 4.90 Å². The highest BCUT2D eigenvalue weighted by molar-refractivity contribution is 5.94. The number of hydrogen-bond donors (Lipinski definition) is 0. The number of rotatable bonds is 4. The van der Waals surface area contributed by atoms with E-state index >= 15 is 0 Å². The third kappa shape index (κ3) is 4.35. The van der Waals surface area contributed by atoms with Gasteiger partial charge in [-0.2, -0.15) is 0 Å². The Bertz CT molecular complexity index is 1280. The first-order valence-corrected chi connectivity index (χ1v) is 11.6. The van der Waals surface area contributed by atoms with E-state index in [9.17, 15) is 4.79 Å². The van der Waals surface area contributed by atoms with Crippen molar-refractivity contribution in [2.75, 3.05) is 31.1 Å².